The van der Waals surface area contributed by atoms with E-state index in [9.17, 15) is 0 Å². The van der Waals surface area contributed by atoms with Crippen LogP contribution < -0.4 is 0 Å². The lowest BCUT2D eigenvalue weighted by Gasteiger charge is -1.90. The largest absolute Gasteiger partial charge is 0.278 e. The molecule has 60 heavy (non-hydrogen) atoms. The van der Waals surface area contributed by atoms with E-state index in [0.717, 1.165) is 33.1 Å². The van der Waals surface area contributed by atoms with Crippen LogP contribution in [0.1, 0.15) is 33.4 Å². The fourth-order valence-corrected chi connectivity index (χ4v) is 6.46. The van der Waals surface area contributed by atoms with Gasteiger partial charge < -0.3 is 0 Å². The van der Waals surface area contributed by atoms with Crippen molar-refractivity contribution in [3.63, 3.8) is 0 Å². The molecule has 12 aromatic rings. The van der Waals surface area contributed by atoms with Crippen LogP contribution in [0.3, 0.4) is 0 Å². The lowest BCUT2D eigenvalue weighted by molar-refractivity contribution is 1.12. The lowest BCUT2D eigenvalue weighted by atomic mass is 10.2. The molecule has 6 aromatic heterocycles. The predicted molar refractivity (Wildman–Crippen MR) is 245 cm³/mol. The van der Waals surface area contributed by atoms with E-state index in [-0.39, 0.29) is 0 Å². The SMILES string of the molecule is Cc1ccc2[nH]ncc2c1.Cc1ccc2[nH]ncc2c1.Cc1ccc2cn[nH]c2c1.Cc1ccc2cn[nH]c2c1.Cc1cccc2[nH]ncc12.Cc1cccc2[nH]ncc12. The Morgan fingerprint density at radius 1 is 0.283 bits per heavy atom. The monoisotopic (exact) mass is 792 g/mol. The Kier molecular flexibility index (Phi) is 12.8. The van der Waals surface area contributed by atoms with Gasteiger partial charge in [-0.25, -0.2) is 0 Å². The Labute approximate surface area is 346 Å². The molecule has 300 valence electrons. The lowest BCUT2D eigenvalue weighted by Crippen LogP contribution is -1.71. The van der Waals surface area contributed by atoms with Crippen molar-refractivity contribution in [2.45, 2.75) is 41.5 Å². The van der Waals surface area contributed by atoms with Gasteiger partial charge in [-0.3, -0.25) is 30.6 Å². The van der Waals surface area contributed by atoms with Crippen molar-refractivity contribution >= 4 is 65.4 Å². The summed E-state index contributed by atoms with van der Waals surface area (Å²) in [6.45, 7) is 12.5. The van der Waals surface area contributed by atoms with Crippen LogP contribution >= 0.6 is 0 Å². The summed E-state index contributed by atoms with van der Waals surface area (Å²) >= 11 is 0. The maximum Gasteiger partial charge on any atom is 0.0652 e. The second kappa shape index (κ2) is 19.1. The van der Waals surface area contributed by atoms with Crippen molar-refractivity contribution in [1.82, 2.24) is 61.2 Å². The first kappa shape index (κ1) is 40.3. The zero-order valence-electron chi connectivity index (χ0n) is 34.5. The molecule has 0 aliphatic carbocycles. The maximum atomic E-state index is 3.94. The molecule has 6 heterocycles. The number of aromatic nitrogens is 12. The van der Waals surface area contributed by atoms with Crippen LogP contribution in [0, 0.1) is 41.5 Å². The summed E-state index contributed by atoms with van der Waals surface area (Å²) in [5, 5.41) is 48.1. The first-order valence-electron chi connectivity index (χ1n) is 19.6. The number of hydrogen-bond acceptors (Lipinski definition) is 6. The van der Waals surface area contributed by atoms with E-state index in [0.29, 0.717) is 0 Å². The molecule has 0 unspecified atom stereocenters. The summed E-state index contributed by atoms with van der Waals surface area (Å²) in [6.07, 6.45) is 11.0. The summed E-state index contributed by atoms with van der Waals surface area (Å²) < 4.78 is 0. The van der Waals surface area contributed by atoms with E-state index < -0.39 is 0 Å². The highest BCUT2D eigenvalue weighted by Gasteiger charge is 1.98. The van der Waals surface area contributed by atoms with E-state index in [2.05, 4.69) is 176 Å². The van der Waals surface area contributed by atoms with Gasteiger partial charge in [-0.15, -0.1) is 0 Å². The number of aromatic amines is 6. The molecule has 0 aliphatic rings. The van der Waals surface area contributed by atoms with Crippen LogP contribution in [0.5, 0.6) is 0 Å². The molecule has 0 fully saturated rings. The number of hydrogen-bond donors (Lipinski definition) is 6. The van der Waals surface area contributed by atoms with Crippen molar-refractivity contribution < 1.29 is 0 Å². The van der Waals surface area contributed by atoms with E-state index >= 15 is 0 Å². The second-order valence-electron chi connectivity index (χ2n) is 14.7. The molecular weight excluding hydrogens is 745 g/mol. The van der Waals surface area contributed by atoms with Crippen molar-refractivity contribution in [1.29, 1.82) is 0 Å². The zero-order valence-corrected chi connectivity index (χ0v) is 34.5. The molecule has 12 nitrogen and oxygen atoms in total. The maximum absolute atomic E-state index is 3.94. The third-order valence-corrected chi connectivity index (χ3v) is 9.79. The van der Waals surface area contributed by atoms with Gasteiger partial charge in [-0.1, -0.05) is 71.8 Å². The predicted octanol–water partition coefficient (Wildman–Crippen LogP) is 11.2. The van der Waals surface area contributed by atoms with Gasteiger partial charge in [0.25, 0.3) is 0 Å². The molecule has 6 N–H and O–H groups in total. The fourth-order valence-electron chi connectivity index (χ4n) is 6.46. The van der Waals surface area contributed by atoms with Crippen LogP contribution in [0.2, 0.25) is 0 Å². The Balaban J connectivity index is 0.000000109. The van der Waals surface area contributed by atoms with E-state index in [1.807, 2.05) is 73.6 Å². The minimum absolute atomic E-state index is 1.10. The van der Waals surface area contributed by atoms with Crippen molar-refractivity contribution in [2.24, 2.45) is 0 Å². The van der Waals surface area contributed by atoms with Crippen molar-refractivity contribution in [2.75, 3.05) is 0 Å². The van der Waals surface area contributed by atoms with E-state index in [4.69, 9.17) is 0 Å². The number of aryl methyl sites for hydroxylation is 6. The van der Waals surface area contributed by atoms with Crippen LogP contribution in [-0.4, -0.2) is 61.2 Å². The number of rotatable bonds is 0. The summed E-state index contributed by atoms with van der Waals surface area (Å²) in [7, 11) is 0. The minimum atomic E-state index is 1.10. The summed E-state index contributed by atoms with van der Waals surface area (Å²) in [5.41, 5.74) is 14.3. The van der Waals surface area contributed by atoms with Crippen LogP contribution in [0.25, 0.3) is 65.4 Å². The molecule has 0 saturated carbocycles. The van der Waals surface area contributed by atoms with Gasteiger partial charge >= 0.3 is 0 Å². The fraction of sp³-hybridized carbons (Fsp3) is 0.125. The molecule has 0 saturated heterocycles. The van der Waals surface area contributed by atoms with Gasteiger partial charge in [0.2, 0.25) is 0 Å². The topological polar surface area (TPSA) is 172 Å². The quantitative estimate of drug-likeness (QED) is 0.0892. The van der Waals surface area contributed by atoms with Gasteiger partial charge in [0, 0.05) is 32.3 Å². The third kappa shape index (κ3) is 10.4. The van der Waals surface area contributed by atoms with Crippen LogP contribution in [-0.2, 0) is 0 Å². The van der Waals surface area contributed by atoms with Crippen molar-refractivity contribution in [3.05, 3.63) is 180 Å². The van der Waals surface area contributed by atoms with E-state index in [1.54, 1.807) is 0 Å². The zero-order chi connectivity index (χ0) is 41.8. The Hall–Kier alpha value is -7.86. The van der Waals surface area contributed by atoms with Gasteiger partial charge in [-0.2, -0.15) is 30.6 Å². The molecule has 0 aliphatic heterocycles. The van der Waals surface area contributed by atoms with Crippen LogP contribution in [0.15, 0.2) is 146 Å². The Morgan fingerprint density at radius 3 is 1.03 bits per heavy atom. The second-order valence-corrected chi connectivity index (χ2v) is 14.7. The van der Waals surface area contributed by atoms with Gasteiger partial charge in [0.05, 0.1) is 70.3 Å². The highest BCUT2D eigenvalue weighted by Crippen LogP contribution is 2.16. The number of nitrogens with one attached hydrogen (secondary N) is 6. The Bertz CT molecular complexity index is 2850. The molecule has 0 amide bonds. The molecule has 0 bridgehead atoms. The first-order chi connectivity index (χ1) is 29.2. The van der Waals surface area contributed by atoms with Crippen LogP contribution in [0.4, 0.5) is 0 Å². The standard InChI is InChI=1S/6C8H8N2/c2*1-6-2-3-8-7(4-6)5-9-10-8;2*1-6-2-3-7-5-9-10-8(7)4-6;2*1-6-3-2-4-8-7(6)5-9-10-8/h6*2-5H,1H3,(H,9,10). The Morgan fingerprint density at radius 2 is 0.617 bits per heavy atom. The molecule has 0 radical (unpaired) electrons. The number of nitrogens with zero attached hydrogens (tertiary/aromatic N) is 6. The molecule has 12 rings (SSSR count). The van der Waals surface area contributed by atoms with Crippen molar-refractivity contribution in [3.8, 4) is 0 Å². The number of H-pyrrole nitrogens is 6. The van der Waals surface area contributed by atoms with Gasteiger partial charge in [0.15, 0.2) is 0 Å². The summed E-state index contributed by atoms with van der Waals surface area (Å²) in [5.74, 6) is 0. The van der Waals surface area contributed by atoms with Gasteiger partial charge in [-0.05, 0) is 112 Å². The number of fused-ring (bicyclic) bond motifs is 6. The average Bonchev–Trinajstić information content (AvgIpc) is 4.10. The molecular formula is C48H48N12. The smallest absolute Gasteiger partial charge is 0.0652 e. The molecule has 0 spiro atoms. The highest BCUT2D eigenvalue weighted by molar-refractivity contribution is 5.83. The number of benzene rings is 6. The highest BCUT2D eigenvalue weighted by atomic mass is 15.1. The minimum Gasteiger partial charge on any atom is -0.278 e. The third-order valence-electron chi connectivity index (χ3n) is 9.79. The molecule has 0 atom stereocenters. The molecule has 12 heteroatoms. The summed E-state index contributed by atoms with van der Waals surface area (Å²) in [4.78, 5) is 0. The summed E-state index contributed by atoms with van der Waals surface area (Å²) in [6, 6.07) is 37.2. The normalized spacial score (nSPS) is 10.5. The molecule has 6 aromatic carbocycles. The average molecular weight is 793 g/mol. The first-order valence-corrected chi connectivity index (χ1v) is 19.6. The van der Waals surface area contributed by atoms with E-state index in [1.165, 1.54) is 65.7 Å². The van der Waals surface area contributed by atoms with Gasteiger partial charge in [0.1, 0.15) is 0 Å².